The molecule has 1 atom stereocenters. The van der Waals surface area contributed by atoms with E-state index in [0.717, 1.165) is 109 Å². The van der Waals surface area contributed by atoms with E-state index in [1.165, 1.54) is 225 Å². The van der Waals surface area contributed by atoms with Gasteiger partial charge in [0.1, 0.15) is 13.2 Å². The summed E-state index contributed by atoms with van der Waals surface area (Å²) in [5.74, 6) is -0.882. The molecule has 0 radical (unpaired) electrons. The van der Waals surface area contributed by atoms with Crippen LogP contribution in [0.2, 0.25) is 0 Å². The van der Waals surface area contributed by atoms with Gasteiger partial charge in [-0.25, -0.2) is 0 Å². The van der Waals surface area contributed by atoms with Gasteiger partial charge < -0.3 is 14.2 Å². The van der Waals surface area contributed by atoms with Crippen molar-refractivity contribution < 1.29 is 28.6 Å². The van der Waals surface area contributed by atoms with Crippen molar-refractivity contribution in [1.82, 2.24) is 0 Å². The predicted octanol–water partition coefficient (Wildman–Crippen LogP) is 24.8. The molecular formula is C76H136O6. The second-order valence-corrected chi connectivity index (χ2v) is 24.1. The zero-order chi connectivity index (χ0) is 59.2. The highest BCUT2D eigenvalue weighted by molar-refractivity contribution is 5.71. The summed E-state index contributed by atoms with van der Waals surface area (Å²) in [4.78, 5) is 38.5. The molecule has 0 spiro atoms. The zero-order valence-corrected chi connectivity index (χ0v) is 54.8. The van der Waals surface area contributed by atoms with E-state index in [0.29, 0.717) is 19.3 Å². The molecule has 6 heteroatoms. The summed E-state index contributed by atoms with van der Waals surface area (Å²) in [7, 11) is 0. The number of allylic oxidation sites excluding steroid dienone is 12. The topological polar surface area (TPSA) is 78.9 Å². The normalized spacial score (nSPS) is 12.5. The van der Waals surface area contributed by atoms with Gasteiger partial charge in [-0.2, -0.15) is 0 Å². The maximum atomic E-state index is 13.0. The third-order valence-corrected chi connectivity index (χ3v) is 15.9. The van der Waals surface area contributed by atoms with Gasteiger partial charge in [0.2, 0.25) is 0 Å². The summed E-state index contributed by atoms with van der Waals surface area (Å²) in [5, 5.41) is 0. The van der Waals surface area contributed by atoms with Gasteiger partial charge in [-0.1, -0.05) is 338 Å². The molecule has 0 rings (SSSR count). The molecule has 0 aliphatic carbocycles. The van der Waals surface area contributed by atoms with Crippen molar-refractivity contribution in [2.45, 2.75) is 380 Å². The maximum absolute atomic E-state index is 13.0. The summed E-state index contributed by atoms with van der Waals surface area (Å²) in [6.07, 6.45) is 92.2. The average molecular weight is 1150 g/mol. The van der Waals surface area contributed by atoms with E-state index in [9.17, 15) is 14.4 Å². The lowest BCUT2D eigenvalue weighted by Gasteiger charge is -2.18. The fourth-order valence-corrected chi connectivity index (χ4v) is 10.6. The van der Waals surface area contributed by atoms with Crippen LogP contribution >= 0.6 is 0 Å². The number of hydrogen-bond donors (Lipinski definition) is 0. The maximum Gasteiger partial charge on any atom is 0.306 e. The Hall–Kier alpha value is -3.15. The van der Waals surface area contributed by atoms with Crippen LogP contribution in [0, 0.1) is 0 Å². The summed E-state index contributed by atoms with van der Waals surface area (Å²) < 4.78 is 17.0. The number of ether oxygens (including phenoxy) is 3. The van der Waals surface area contributed by atoms with Crippen LogP contribution < -0.4 is 0 Å². The molecule has 0 saturated heterocycles. The van der Waals surface area contributed by atoms with Gasteiger partial charge in [0, 0.05) is 19.3 Å². The molecule has 0 aromatic carbocycles. The van der Waals surface area contributed by atoms with E-state index in [4.69, 9.17) is 14.2 Å². The monoisotopic (exact) mass is 1150 g/mol. The number of rotatable bonds is 66. The molecule has 0 saturated carbocycles. The first-order valence-corrected chi connectivity index (χ1v) is 35.9. The van der Waals surface area contributed by atoms with Crippen molar-refractivity contribution in [3.05, 3.63) is 72.9 Å². The Bertz CT molecular complexity index is 1500. The average Bonchev–Trinajstić information content (AvgIpc) is 3.47. The highest BCUT2D eigenvalue weighted by atomic mass is 16.6. The molecule has 0 N–H and O–H groups in total. The van der Waals surface area contributed by atoms with Crippen LogP contribution in [-0.2, 0) is 28.6 Å². The molecule has 0 aromatic heterocycles. The summed E-state index contributed by atoms with van der Waals surface area (Å²) in [6, 6.07) is 0. The van der Waals surface area contributed by atoms with Gasteiger partial charge in [0.15, 0.2) is 6.10 Å². The molecule has 6 nitrogen and oxygen atoms in total. The highest BCUT2D eigenvalue weighted by Crippen LogP contribution is 2.18. The van der Waals surface area contributed by atoms with Gasteiger partial charge in [0.25, 0.3) is 0 Å². The van der Waals surface area contributed by atoms with E-state index in [1.54, 1.807) is 0 Å². The van der Waals surface area contributed by atoms with Gasteiger partial charge in [-0.15, -0.1) is 0 Å². The van der Waals surface area contributed by atoms with E-state index in [1.807, 2.05) is 0 Å². The smallest absolute Gasteiger partial charge is 0.306 e. The Balaban J connectivity index is 4.32. The van der Waals surface area contributed by atoms with E-state index < -0.39 is 6.10 Å². The van der Waals surface area contributed by atoms with Crippen LogP contribution in [0.3, 0.4) is 0 Å². The van der Waals surface area contributed by atoms with Crippen LogP contribution in [0.4, 0.5) is 0 Å². The molecule has 1 unspecified atom stereocenters. The van der Waals surface area contributed by atoms with Crippen LogP contribution in [0.1, 0.15) is 374 Å². The minimum absolute atomic E-state index is 0.0809. The Morgan fingerprint density at radius 3 is 0.744 bits per heavy atom. The van der Waals surface area contributed by atoms with Gasteiger partial charge >= 0.3 is 17.9 Å². The summed E-state index contributed by atoms with van der Waals surface area (Å²) in [6.45, 7) is 6.56. The second-order valence-electron chi connectivity index (χ2n) is 24.1. The van der Waals surface area contributed by atoms with Crippen LogP contribution in [0.25, 0.3) is 0 Å². The molecule has 0 aromatic rings. The first kappa shape index (κ1) is 78.8. The van der Waals surface area contributed by atoms with Crippen molar-refractivity contribution in [2.24, 2.45) is 0 Å². The fraction of sp³-hybridized carbons (Fsp3) is 0.803. The molecule has 0 amide bonds. The van der Waals surface area contributed by atoms with Crippen LogP contribution in [0.5, 0.6) is 0 Å². The third-order valence-electron chi connectivity index (χ3n) is 15.9. The number of hydrogen-bond acceptors (Lipinski definition) is 6. The van der Waals surface area contributed by atoms with Crippen LogP contribution in [-0.4, -0.2) is 37.2 Å². The molecular weight excluding hydrogens is 1010 g/mol. The Morgan fingerprint density at radius 2 is 0.476 bits per heavy atom. The van der Waals surface area contributed by atoms with Crippen molar-refractivity contribution in [3.8, 4) is 0 Å². The SMILES string of the molecule is CC/C=C\C/C=C\C/C=C\CCCCCCCCCC(=O)OCC(COC(=O)CCCCCCCCCCCCCCCCCCCCCCCCCCCC)OC(=O)CCCCCCCC/C=C\C/C=C\C/C=C\CCCCCCC. The molecule has 0 heterocycles. The predicted molar refractivity (Wildman–Crippen MR) is 358 cm³/mol. The van der Waals surface area contributed by atoms with E-state index in [2.05, 4.69) is 93.7 Å². The molecule has 0 bridgehead atoms. The Morgan fingerprint density at radius 1 is 0.256 bits per heavy atom. The minimum Gasteiger partial charge on any atom is -0.462 e. The zero-order valence-electron chi connectivity index (χ0n) is 54.8. The first-order valence-electron chi connectivity index (χ1n) is 35.9. The molecule has 0 aliphatic heterocycles. The van der Waals surface area contributed by atoms with Gasteiger partial charge in [-0.05, 0) is 89.9 Å². The quantitative estimate of drug-likeness (QED) is 0.0261. The minimum atomic E-state index is -0.788. The van der Waals surface area contributed by atoms with E-state index >= 15 is 0 Å². The van der Waals surface area contributed by atoms with Crippen molar-refractivity contribution in [3.63, 3.8) is 0 Å². The molecule has 82 heavy (non-hydrogen) atoms. The highest BCUT2D eigenvalue weighted by Gasteiger charge is 2.19. The van der Waals surface area contributed by atoms with Crippen LogP contribution in [0.15, 0.2) is 72.9 Å². The van der Waals surface area contributed by atoms with Crippen molar-refractivity contribution in [1.29, 1.82) is 0 Å². The van der Waals surface area contributed by atoms with Gasteiger partial charge in [-0.3, -0.25) is 14.4 Å². The third kappa shape index (κ3) is 67.6. The number of carbonyl (C=O) groups excluding carboxylic acids is 3. The van der Waals surface area contributed by atoms with Gasteiger partial charge in [0.05, 0.1) is 0 Å². The first-order chi connectivity index (χ1) is 40.5. The lowest BCUT2D eigenvalue weighted by molar-refractivity contribution is -0.167. The van der Waals surface area contributed by atoms with Crippen molar-refractivity contribution in [2.75, 3.05) is 13.2 Å². The standard InChI is InChI=1S/C76H136O6/c1-4-7-10-13-16-19-22-25-28-31-33-35-36-37-38-39-41-42-45-48-51-54-57-60-63-66-69-75(78)81-72-73(71-80-74(77)68-65-62-59-56-53-50-47-44-30-27-24-21-18-15-12-9-6-3)82-76(79)70-67-64-61-58-55-52-49-46-43-40-34-32-29-26-23-20-17-14-11-8-5-2/h9,12,18,21,23,26-27,30,32,34,43,46,73H,4-8,10-11,13-17,19-20,22,24-25,28-29,31,33,35-42,44-45,47-72H2,1-3H3/b12-9-,21-18-,26-23-,30-27-,34-32-,46-43-. The fourth-order valence-electron chi connectivity index (χ4n) is 10.6. The second kappa shape index (κ2) is 70.3. The lowest BCUT2D eigenvalue weighted by Crippen LogP contribution is -2.30. The Labute approximate surface area is 510 Å². The Kier molecular flexibility index (Phi) is 67.6. The van der Waals surface area contributed by atoms with E-state index in [-0.39, 0.29) is 31.1 Å². The largest absolute Gasteiger partial charge is 0.462 e. The molecule has 0 fully saturated rings. The molecule has 476 valence electrons. The molecule has 0 aliphatic rings. The van der Waals surface area contributed by atoms with Crippen molar-refractivity contribution >= 4 is 17.9 Å². The number of carbonyl (C=O) groups is 3. The lowest BCUT2D eigenvalue weighted by atomic mass is 10.0. The number of unbranched alkanes of at least 4 members (excludes halogenated alkanes) is 43. The number of esters is 3. The summed E-state index contributed by atoms with van der Waals surface area (Å²) >= 11 is 0. The summed E-state index contributed by atoms with van der Waals surface area (Å²) in [5.41, 5.74) is 0.